The smallest absolute Gasteiger partial charge is 0.234 e. The van der Waals surface area contributed by atoms with Crippen molar-refractivity contribution in [1.82, 2.24) is 15.1 Å². The Morgan fingerprint density at radius 2 is 2.10 bits per heavy atom. The minimum atomic E-state index is 0.0655. The van der Waals surface area contributed by atoms with E-state index in [2.05, 4.69) is 31.1 Å². The molecule has 0 bridgehead atoms. The third-order valence-electron chi connectivity index (χ3n) is 3.10. The summed E-state index contributed by atoms with van der Waals surface area (Å²) in [6.07, 6.45) is 0.615. The Morgan fingerprint density at radius 1 is 1.29 bits per heavy atom. The van der Waals surface area contributed by atoms with Crippen molar-refractivity contribution in [3.8, 4) is 11.5 Å². The van der Waals surface area contributed by atoms with Crippen molar-refractivity contribution < 1.29 is 9.32 Å². The van der Waals surface area contributed by atoms with Gasteiger partial charge in [-0.3, -0.25) is 4.79 Å². The molecule has 6 heteroatoms. The first-order valence-electron chi connectivity index (χ1n) is 6.57. The summed E-state index contributed by atoms with van der Waals surface area (Å²) in [6.45, 7) is 1.81. The maximum Gasteiger partial charge on any atom is 0.234 e. The highest BCUT2D eigenvalue weighted by Gasteiger charge is 2.15. The van der Waals surface area contributed by atoms with E-state index in [0.29, 0.717) is 23.8 Å². The molecule has 0 saturated carbocycles. The van der Waals surface area contributed by atoms with Crippen LogP contribution in [0.15, 0.2) is 39.3 Å². The van der Waals surface area contributed by atoms with Crippen molar-refractivity contribution in [2.24, 2.45) is 0 Å². The van der Waals surface area contributed by atoms with Gasteiger partial charge in [-0.1, -0.05) is 30.3 Å². The number of benzene rings is 1. The van der Waals surface area contributed by atoms with Crippen LogP contribution in [0.2, 0.25) is 0 Å². The molecule has 0 atom stereocenters. The lowest BCUT2D eigenvalue weighted by atomic mass is 10.2. The van der Waals surface area contributed by atoms with Gasteiger partial charge in [-0.25, -0.2) is 4.98 Å². The number of fused-ring (bicyclic) bond motifs is 1. The van der Waals surface area contributed by atoms with Gasteiger partial charge in [-0.2, -0.15) is 4.98 Å². The Hall–Kier alpha value is -2.08. The van der Waals surface area contributed by atoms with Crippen LogP contribution in [0.4, 0.5) is 0 Å². The number of hydrogen-bond acceptors (Lipinski definition) is 5. The number of Topliss-reactive ketones (excluding diaryl/α,β-unsaturated/α-hetero) is 1. The quantitative estimate of drug-likeness (QED) is 0.722. The number of carbonyl (C=O) groups is 1. The van der Waals surface area contributed by atoms with E-state index in [1.54, 1.807) is 6.92 Å². The number of ketones is 1. The molecule has 3 aromatic rings. The van der Waals surface area contributed by atoms with E-state index in [0.717, 1.165) is 15.4 Å². The van der Waals surface area contributed by atoms with Crippen molar-refractivity contribution in [3.63, 3.8) is 0 Å². The maximum atomic E-state index is 11.4. The second-order valence-electron chi connectivity index (χ2n) is 4.59. The molecule has 5 nitrogen and oxygen atoms in total. The predicted octanol–water partition coefficient (Wildman–Crippen LogP) is 3.57. The van der Waals surface area contributed by atoms with Gasteiger partial charge in [0.1, 0.15) is 11.5 Å². The number of hydrogen-bond donors (Lipinski definition) is 0. The molecule has 0 N–H and O–H groups in total. The van der Waals surface area contributed by atoms with E-state index in [1.807, 2.05) is 30.3 Å². The van der Waals surface area contributed by atoms with Gasteiger partial charge < -0.3 is 4.52 Å². The van der Waals surface area contributed by atoms with Crippen LogP contribution >= 0.6 is 15.9 Å². The molecule has 2 heterocycles. The molecule has 106 valence electrons. The number of para-hydroxylation sites is 1. The van der Waals surface area contributed by atoms with Crippen LogP contribution in [-0.4, -0.2) is 20.9 Å². The van der Waals surface area contributed by atoms with Crippen LogP contribution in [0.25, 0.3) is 22.4 Å². The lowest BCUT2D eigenvalue weighted by Gasteiger charge is -2.02. The topological polar surface area (TPSA) is 68.9 Å². The van der Waals surface area contributed by atoms with E-state index < -0.39 is 0 Å². The van der Waals surface area contributed by atoms with Gasteiger partial charge in [0, 0.05) is 16.3 Å². The summed E-state index contributed by atoms with van der Waals surface area (Å²) >= 11 is 3.48. The number of pyridine rings is 1. The molecular formula is C15H12BrN3O2. The summed E-state index contributed by atoms with van der Waals surface area (Å²) in [7, 11) is 0. The average Bonchev–Trinajstić information content (AvgIpc) is 2.94. The molecule has 0 saturated heterocycles. The van der Waals surface area contributed by atoms with Crippen LogP contribution in [-0.2, 0) is 11.2 Å². The van der Waals surface area contributed by atoms with E-state index in [-0.39, 0.29) is 12.2 Å². The first kappa shape index (κ1) is 13.9. The Morgan fingerprint density at radius 3 is 2.90 bits per heavy atom. The van der Waals surface area contributed by atoms with E-state index >= 15 is 0 Å². The van der Waals surface area contributed by atoms with Gasteiger partial charge in [0.2, 0.25) is 11.7 Å². The van der Waals surface area contributed by atoms with Crippen molar-refractivity contribution in [2.75, 3.05) is 0 Å². The lowest BCUT2D eigenvalue weighted by Crippen LogP contribution is -2.00. The maximum absolute atomic E-state index is 11.4. The SMILES string of the molecule is CCC(=O)Cc1nc(-c2nc3ccccc3cc2Br)no1. The fraction of sp³-hybridized carbons (Fsp3) is 0.200. The molecule has 0 fully saturated rings. The largest absolute Gasteiger partial charge is 0.338 e. The van der Waals surface area contributed by atoms with Gasteiger partial charge >= 0.3 is 0 Å². The molecule has 0 aliphatic carbocycles. The van der Waals surface area contributed by atoms with Crippen LogP contribution in [0.5, 0.6) is 0 Å². The second-order valence-corrected chi connectivity index (χ2v) is 5.45. The molecule has 0 aliphatic rings. The summed E-state index contributed by atoms with van der Waals surface area (Å²) in [5, 5.41) is 4.94. The number of carbonyl (C=O) groups excluding carboxylic acids is 1. The summed E-state index contributed by atoms with van der Waals surface area (Å²) in [4.78, 5) is 20.2. The Balaban J connectivity index is 2.00. The van der Waals surface area contributed by atoms with Crippen molar-refractivity contribution >= 4 is 32.6 Å². The number of halogens is 1. The van der Waals surface area contributed by atoms with Crippen molar-refractivity contribution in [1.29, 1.82) is 0 Å². The molecule has 0 aliphatic heterocycles. The minimum absolute atomic E-state index is 0.0655. The number of nitrogens with zero attached hydrogens (tertiary/aromatic N) is 3. The molecule has 0 spiro atoms. The zero-order valence-corrected chi connectivity index (χ0v) is 12.9. The minimum Gasteiger partial charge on any atom is -0.338 e. The van der Waals surface area contributed by atoms with Crippen molar-refractivity contribution in [3.05, 3.63) is 40.7 Å². The number of rotatable bonds is 4. The second kappa shape index (κ2) is 5.73. The van der Waals surface area contributed by atoms with Crippen LogP contribution in [0.3, 0.4) is 0 Å². The zero-order chi connectivity index (χ0) is 14.8. The summed E-state index contributed by atoms with van der Waals surface area (Å²) in [5.41, 5.74) is 1.46. The lowest BCUT2D eigenvalue weighted by molar-refractivity contribution is -0.118. The summed E-state index contributed by atoms with van der Waals surface area (Å²) < 4.78 is 5.90. The Bertz CT molecular complexity index is 814. The zero-order valence-electron chi connectivity index (χ0n) is 11.3. The fourth-order valence-electron chi connectivity index (χ4n) is 1.96. The van der Waals surface area contributed by atoms with Crippen LogP contribution in [0, 0.1) is 0 Å². The van der Waals surface area contributed by atoms with Crippen LogP contribution in [0.1, 0.15) is 19.2 Å². The fourth-order valence-corrected chi connectivity index (χ4v) is 2.48. The molecule has 1 aromatic carbocycles. The normalized spacial score (nSPS) is 11.0. The molecule has 3 rings (SSSR count). The van der Waals surface area contributed by atoms with E-state index in [1.165, 1.54) is 0 Å². The van der Waals surface area contributed by atoms with Gasteiger partial charge in [-0.05, 0) is 28.1 Å². The monoisotopic (exact) mass is 345 g/mol. The van der Waals surface area contributed by atoms with Crippen molar-refractivity contribution in [2.45, 2.75) is 19.8 Å². The highest BCUT2D eigenvalue weighted by atomic mass is 79.9. The van der Waals surface area contributed by atoms with Gasteiger partial charge in [0.05, 0.1) is 11.9 Å². The van der Waals surface area contributed by atoms with Gasteiger partial charge in [0.25, 0.3) is 0 Å². The summed E-state index contributed by atoms with van der Waals surface area (Å²) in [5.74, 6) is 0.765. The van der Waals surface area contributed by atoms with E-state index in [4.69, 9.17) is 4.52 Å². The third-order valence-corrected chi connectivity index (χ3v) is 3.70. The van der Waals surface area contributed by atoms with Gasteiger partial charge in [0.15, 0.2) is 0 Å². The third kappa shape index (κ3) is 2.85. The Kier molecular flexibility index (Phi) is 3.79. The summed E-state index contributed by atoms with van der Waals surface area (Å²) in [6, 6.07) is 9.75. The molecular weight excluding hydrogens is 334 g/mol. The van der Waals surface area contributed by atoms with E-state index in [9.17, 15) is 4.79 Å². The highest BCUT2D eigenvalue weighted by molar-refractivity contribution is 9.10. The molecule has 0 unspecified atom stereocenters. The molecule has 0 radical (unpaired) electrons. The Labute approximate surface area is 129 Å². The number of aromatic nitrogens is 3. The highest BCUT2D eigenvalue weighted by Crippen LogP contribution is 2.27. The van der Waals surface area contributed by atoms with Crippen LogP contribution < -0.4 is 0 Å². The first-order chi connectivity index (χ1) is 10.2. The first-order valence-corrected chi connectivity index (χ1v) is 7.36. The molecule has 21 heavy (non-hydrogen) atoms. The standard InChI is InChI=1S/C15H12BrN3O2/c1-2-10(20)8-13-18-15(19-21-13)14-11(16)7-9-5-3-4-6-12(9)17-14/h3-7H,2,8H2,1H3. The molecule has 2 aromatic heterocycles. The van der Waals surface area contributed by atoms with Gasteiger partial charge in [-0.15, -0.1) is 0 Å². The average molecular weight is 346 g/mol. The molecule has 0 amide bonds. The predicted molar refractivity (Wildman–Crippen MR) is 81.7 cm³/mol.